The summed E-state index contributed by atoms with van der Waals surface area (Å²) in [6.07, 6.45) is 0. The van der Waals surface area contributed by atoms with Crippen molar-refractivity contribution in [2.75, 3.05) is 0 Å². The molecule has 0 heterocycles. The van der Waals surface area contributed by atoms with Crippen molar-refractivity contribution in [3.63, 3.8) is 0 Å². The zero-order chi connectivity index (χ0) is 4.99. The van der Waals surface area contributed by atoms with Gasteiger partial charge in [-0.15, -0.1) is 0 Å². The lowest BCUT2D eigenvalue weighted by Crippen LogP contribution is -2.21. The van der Waals surface area contributed by atoms with Gasteiger partial charge >= 0.3 is 0 Å². The van der Waals surface area contributed by atoms with Crippen LogP contribution in [0.1, 0.15) is 0 Å². The number of hydrogen-bond acceptors (Lipinski definition) is 3. The molecule has 0 saturated carbocycles. The summed E-state index contributed by atoms with van der Waals surface area (Å²) in [4.78, 5) is 0. The quantitative estimate of drug-likeness (QED) is 0.260. The molecular formula is CH4N2OS2. The Morgan fingerprint density at radius 3 is 2.50 bits per heavy atom. The van der Waals surface area contributed by atoms with E-state index in [0.717, 1.165) is 0 Å². The molecule has 0 atom stereocenters. The van der Waals surface area contributed by atoms with Crippen LogP contribution in [0.2, 0.25) is 0 Å². The van der Waals surface area contributed by atoms with Gasteiger partial charge in [0.15, 0.2) is 5.11 Å². The molecule has 3 nitrogen and oxygen atoms in total. The highest BCUT2D eigenvalue weighted by Crippen LogP contribution is 1.75. The fraction of sp³-hybridized carbons (Fsp3) is 0. The summed E-state index contributed by atoms with van der Waals surface area (Å²) in [6, 6.07) is 0. The van der Waals surface area contributed by atoms with E-state index in [-0.39, 0.29) is 5.11 Å². The summed E-state index contributed by atoms with van der Waals surface area (Å²) < 4.78 is 10.1. The van der Waals surface area contributed by atoms with E-state index in [9.17, 15) is 0 Å². The maximum absolute atomic E-state index is 7.87. The molecular weight excluding hydrogens is 120 g/mol. The molecule has 4 N–H and O–H groups in total. The Morgan fingerprint density at radius 1 is 2.00 bits per heavy atom. The van der Waals surface area contributed by atoms with Crippen LogP contribution in [0.15, 0.2) is 0 Å². The molecule has 0 aliphatic heterocycles. The molecule has 36 valence electrons. The van der Waals surface area contributed by atoms with Gasteiger partial charge in [0, 0.05) is 0 Å². The highest BCUT2D eigenvalue weighted by molar-refractivity contribution is 7.93. The third-order valence-corrected chi connectivity index (χ3v) is 0.689. The lowest BCUT2D eigenvalue weighted by atomic mass is 11.3. The van der Waals surface area contributed by atoms with Crippen molar-refractivity contribution >= 4 is 29.6 Å². The molecule has 0 aromatic rings. The molecule has 6 heavy (non-hydrogen) atoms. The first kappa shape index (κ1) is 6.00. The van der Waals surface area contributed by atoms with Crippen LogP contribution < -0.4 is 10.5 Å². The molecule has 5 heteroatoms. The van der Waals surface area contributed by atoms with Gasteiger partial charge < -0.3 is 10.3 Å². The van der Waals surface area contributed by atoms with Gasteiger partial charge in [0.2, 0.25) is 0 Å². The number of rotatable bonds is 1. The first-order chi connectivity index (χ1) is 2.77. The number of nitrogens with two attached hydrogens (primary N) is 1. The van der Waals surface area contributed by atoms with E-state index in [2.05, 4.69) is 16.9 Å². The van der Waals surface area contributed by atoms with Crippen molar-refractivity contribution in [1.29, 1.82) is 0 Å². The van der Waals surface area contributed by atoms with E-state index in [1.54, 1.807) is 0 Å². The average Bonchev–Trinajstić information content (AvgIpc) is 1.35. The predicted octanol–water partition coefficient (Wildman–Crippen LogP) is -0.0592. The first-order valence-electron chi connectivity index (χ1n) is 1.13. The monoisotopic (exact) mass is 124 g/mol. The summed E-state index contributed by atoms with van der Waals surface area (Å²) in [7, 11) is 0. The Bertz CT molecular complexity index is 55.5. The van der Waals surface area contributed by atoms with E-state index in [0.29, 0.717) is 12.2 Å². The Kier molecular flexibility index (Phi) is 3.20. The molecule has 0 bridgehead atoms. The van der Waals surface area contributed by atoms with Crippen LogP contribution in [0.3, 0.4) is 0 Å². The SMILES string of the molecule is NC(=S)NSO. The van der Waals surface area contributed by atoms with Crippen molar-refractivity contribution < 1.29 is 4.55 Å². The van der Waals surface area contributed by atoms with E-state index in [1.165, 1.54) is 0 Å². The summed E-state index contributed by atoms with van der Waals surface area (Å²) in [5.74, 6) is 0. The second-order valence-corrected chi connectivity index (χ2v) is 1.38. The van der Waals surface area contributed by atoms with Crippen molar-refractivity contribution in [3.8, 4) is 0 Å². The molecule has 0 radical (unpaired) electrons. The van der Waals surface area contributed by atoms with Gasteiger partial charge in [-0.05, 0) is 12.2 Å². The molecule has 0 aromatic carbocycles. The fourth-order valence-corrected chi connectivity index (χ4v) is 0.247. The Hall–Kier alpha value is -0.0000000000000000763. The van der Waals surface area contributed by atoms with E-state index < -0.39 is 0 Å². The third-order valence-electron chi connectivity index (χ3n) is 0.146. The van der Waals surface area contributed by atoms with Gasteiger partial charge in [-0.3, -0.25) is 4.72 Å². The minimum Gasteiger partial charge on any atom is -0.376 e. The summed E-state index contributed by atoms with van der Waals surface area (Å²) in [6.45, 7) is 0. The van der Waals surface area contributed by atoms with Gasteiger partial charge in [0.25, 0.3) is 0 Å². The maximum Gasteiger partial charge on any atom is 0.175 e. The average molecular weight is 124 g/mol. The smallest absolute Gasteiger partial charge is 0.175 e. The van der Waals surface area contributed by atoms with E-state index in [4.69, 9.17) is 10.3 Å². The van der Waals surface area contributed by atoms with Gasteiger partial charge in [-0.1, -0.05) is 0 Å². The largest absolute Gasteiger partial charge is 0.376 e. The zero-order valence-corrected chi connectivity index (χ0v) is 4.47. The zero-order valence-electron chi connectivity index (χ0n) is 2.84. The van der Waals surface area contributed by atoms with E-state index in [1.807, 2.05) is 0 Å². The molecule has 0 aliphatic rings. The second-order valence-electron chi connectivity index (χ2n) is 0.558. The fourth-order valence-electron chi connectivity index (χ4n) is 0.0450. The van der Waals surface area contributed by atoms with Gasteiger partial charge in [0.05, 0.1) is 0 Å². The predicted molar refractivity (Wildman–Crippen MR) is 30.1 cm³/mol. The van der Waals surface area contributed by atoms with Crippen LogP contribution in [0.25, 0.3) is 0 Å². The molecule has 0 spiro atoms. The molecule has 0 aromatic heterocycles. The Morgan fingerprint density at radius 2 is 2.50 bits per heavy atom. The lowest BCUT2D eigenvalue weighted by Gasteiger charge is -1.89. The van der Waals surface area contributed by atoms with Crippen LogP contribution in [0.5, 0.6) is 0 Å². The van der Waals surface area contributed by atoms with Crippen molar-refractivity contribution in [2.45, 2.75) is 0 Å². The molecule has 0 saturated heterocycles. The number of nitrogens with one attached hydrogen (secondary N) is 1. The molecule has 0 aliphatic carbocycles. The summed E-state index contributed by atoms with van der Waals surface area (Å²) in [5.41, 5.74) is 4.84. The van der Waals surface area contributed by atoms with Crippen molar-refractivity contribution in [1.82, 2.24) is 4.72 Å². The minimum atomic E-state index is 0.0856. The summed E-state index contributed by atoms with van der Waals surface area (Å²) in [5, 5.41) is 0.0856. The topological polar surface area (TPSA) is 58.3 Å². The van der Waals surface area contributed by atoms with E-state index >= 15 is 0 Å². The van der Waals surface area contributed by atoms with Crippen molar-refractivity contribution in [2.24, 2.45) is 5.73 Å². The van der Waals surface area contributed by atoms with Crippen LogP contribution in [-0.2, 0) is 0 Å². The third kappa shape index (κ3) is 4.00. The molecule has 0 amide bonds. The normalized spacial score (nSPS) is 7.50. The van der Waals surface area contributed by atoms with Crippen LogP contribution in [-0.4, -0.2) is 9.67 Å². The number of thiocarbonyl (C=S) groups is 1. The lowest BCUT2D eigenvalue weighted by molar-refractivity contribution is 0.661. The Labute approximate surface area is 45.2 Å². The maximum atomic E-state index is 7.87. The highest BCUT2D eigenvalue weighted by Gasteiger charge is 1.76. The number of hydrogen-bond donors (Lipinski definition) is 3. The standard InChI is InChI=1S/CH4N2OS2/c2-1(5)3-6-4/h4H,(H3,2,3,5). The minimum absolute atomic E-state index is 0.0856. The molecule has 0 fully saturated rings. The van der Waals surface area contributed by atoms with Gasteiger partial charge in [-0.2, -0.15) is 0 Å². The first-order valence-corrected chi connectivity index (χ1v) is 2.31. The van der Waals surface area contributed by atoms with Crippen LogP contribution >= 0.6 is 24.4 Å². The van der Waals surface area contributed by atoms with Gasteiger partial charge in [-0.25, -0.2) is 0 Å². The van der Waals surface area contributed by atoms with Crippen molar-refractivity contribution in [3.05, 3.63) is 0 Å². The summed E-state index contributed by atoms with van der Waals surface area (Å²) >= 11 is 4.67. The van der Waals surface area contributed by atoms with Crippen LogP contribution in [0.4, 0.5) is 0 Å². The highest BCUT2D eigenvalue weighted by atomic mass is 32.2. The molecule has 0 unspecified atom stereocenters. The van der Waals surface area contributed by atoms with Crippen LogP contribution in [0, 0.1) is 0 Å². The van der Waals surface area contributed by atoms with Gasteiger partial charge in [0.1, 0.15) is 12.2 Å². The second kappa shape index (κ2) is 3.20. The molecule has 0 rings (SSSR count). The Balaban J connectivity index is 2.83.